The van der Waals surface area contributed by atoms with Crippen molar-refractivity contribution in [3.05, 3.63) is 41.2 Å². The number of amides is 3. The van der Waals surface area contributed by atoms with Crippen LogP contribution in [-0.2, 0) is 11.2 Å². The van der Waals surface area contributed by atoms with E-state index in [-0.39, 0.29) is 18.1 Å². The van der Waals surface area contributed by atoms with Crippen LogP contribution in [0.1, 0.15) is 12.6 Å². The quantitative estimate of drug-likeness (QED) is 0.791. The number of likely N-dealkylation sites (N-methyl/N-ethyl adjacent to an activating group) is 1. The predicted octanol–water partition coefficient (Wildman–Crippen LogP) is 2.60. The Morgan fingerprint density at radius 1 is 1.23 bits per heavy atom. The van der Waals surface area contributed by atoms with Crippen LogP contribution >= 0.6 is 11.3 Å². The van der Waals surface area contributed by atoms with Gasteiger partial charge in [-0.05, 0) is 31.2 Å². The van der Waals surface area contributed by atoms with Crippen molar-refractivity contribution in [3.63, 3.8) is 0 Å². The number of hydrogen-bond acceptors (Lipinski definition) is 4. The summed E-state index contributed by atoms with van der Waals surface area (Å²) < 4.78 is 12.8. The van der Waals surface area contributed by atoms with Crippen molar-refractivity contribution < 1.29 is 14.0 Å². The second-order valence-corrected chi connectivity index (χ2v) is 5.22. The predicted molar refractivity (Wildman–Crippen MR) is 83.5 cm³/mol. The first-order valence-corrected chi connectivity index (χ1v) is 7.49. The molecule has 3 N–H and O–H groups in total. The van der Waals surface area contributed by atoms with Gasteiger partial charge in [-0.1, -0.05) is 0 Å². The van der Waals surface area contributed by atoms with E-state index in [1.807, 2.05) is 6.92 Å². The molecule has 0 aliphatic carbocycles. The minimum Gasteiger partial charge on any atom is -0.356 e. The Labute approximate surface area is 130 Å². The summed E-state index contributed by atoms with van der Waals surface area (Å²) in [5, 5.41) is 9.90. The molecule has 1 aromatic heterocycles. The molecule has 2 aromatic rings. The van der Waals surface area contributed by atoms with E-state index >= 15 is 0 Å². The van der Waals surface area contributed by atoms with Crippen molar-refractivity contribution in [2.24, 2.45) is 0 Å². The van der Waals surface area contributed by atoms with Gasteiger partial charge in [0, 0.05) is 17.6 Å². The lowest BCUT2D eigenvalue weighted by Gasteiger charge is -2.05. The van der Waals surface area contributed by atoms with Crippen LogP contribution in [0, 0.1) is 5.82 Å². The van der Waals surface area contributed by atoms with Crippen LogP contribution in [0.5, 0.6) is 0 Å². The summed E-state index contributed by atoms with van der Waals surface area (Å²) in [6, 6.07) is 4.94. The summed E-state index contributed by atoms with van der Waals surface area (Å²) in [7, 11) is 0. The number of rotatable bonds is 5. The Kier molecular flexibility index (Phi) is 5.42. The maximum absolute atomic E-state index is 12.8. The number of benzene rings is 1. The number of nitrogens with zero attached hydrogens (tertiary/aromatic N) is 1. The minimum absolute atomic E-state index is 0.116. The van der Waals surface area contributed by atoms with E-state index in [1.54, 1.807) is 5.38 Å². The Bertz CT molecular complexity index is 657. The van der Waals surface area contributed by atoms with Crippen LogP contribution in [0.25, 0.3) is 0 Å². The summed E-state index contributed by atoms with van der Waals surface area (Å²) in [5.74, 6) is -0.490. The third kappa shape index (κ3) is 4.81. The summed E-state index contributed by atoms with van der Waals surface area (Å²) >= 11 is 1.23. The second kappa shape index (κ2) is 7.51. The van der Waals surface area contributed by atoms with Gasteiger partial charge in [-0.3, -0.25) is 10.1 Å². The molecule has 2 rings (SSSR count). The molecule has 0 radical (unpaired) electrons. The molecule has 116 valence electrons. The van der Waals surface area contributed by atoms with Gasteiger partial charge in [-0.2, -0.15) is 0 Å². The molecule has 0 bridgehead atoms. The van der Waals surface area contributed by atoms with Crippen molar-refractivity contribution in [3.8, 4) is 0 Å². The molecule has 0 spiro atoms. The number of anilines is 2. The molecule has 3 amide bonds. The normalized spacial score (nSPS) is 10.1. The van der Waals surface area contributed by atoms with E-state index < -0.39 is 6.03 Å². The zero-order valence-electron chi connectivity index (χ0n) is 11.9. The monoisotopic (exact) mass is 322 g/mol. The molecule has 6 nitrogen and oxygen atoms in total. The number of carbonyl (C=O) groups excluding carboxylic acids is 2. The standard InChI is InChI=1S/C14H15FN4O2S/c1-2-16-12(20)7-11-8-22-14(18-11)19-13(21)17-10-5-3-9(15)4-6-10/h3-6,8H,2,7H2,1H3,(H,16,20)(H2,17,18,19,21). The Morgan fingerprint density at radius 3 is 2.64 bits per heavy atom. The molecule has 0 atom stereocenters. The van der Waals surface area contributed by atoms with Crippen LogP contribution < -0.4 is 16.0 Å². The molecule has 0 aliphatic rings. The first kappa shape index (κ1) is 15.9. The summed E-state index contributed by atoms with van der Waals surface area (Å²) in [4.78, 5) is 27.4. The maximum atomic E-state index is 12.8. The molecule has 22 heavy (non-hydrogen) atoms. The molecule has 1 heterocycles. The topological polar surface area (TPSA) is 83.1 Å². The molecule has 8 heteroatoms. The van der Waals surface area contributed by atoms with Crippen molar-refractivity contribution >= 4 is 34.1 Å². The first-order chi connectivity index (χ1) is 10.6. The Morgan fingerprint density at radius 2 is 1.95 bits per heavy atom. The van der Waals surface area contributed by atoms with Gasteiger partial charge in [0.05, 0.1) is 12.1 Å². The van der Waals surface area contributed by atoms with Crippen molar-refractivity contribution in [1.29, 1.82) is 0 Å². The first-order valence-electron chi connectivity index (χ1n) is 6.61. The van der Waals surface area contributed by atoms with Gasteiger partial charge >= 0.3 is 6.03 Å². The third-order valence-corrected chi connectivity index (χ3v) is 3.40. The van der Waals surface area contributed by atoms with Crippen molar-refractivity contribution in [1.82, 2.24) is 10.3 Å². The summed E-state index contributed by atoms with van der Waals surface area (Å²) in [5.41, 5.74) is 1.06. The number of thiazole rings is 1. The third-order valence-electron chi connectivity index (χ3n) is 2.59. The zero-order chi connectivity index (χ0) is 15.9. The van der Waals surface area contributed by atoms with E-state index in [0.717, 1.165) is 0 Å². The van der Waals surface area contributed by atoms with Gasteiger partial charge in [-0.15, -0.1) is 11.3 Å². The van der Waals surface area contributed by atoms with E-state index in [4.69, 9.17) is 0 Å². The number of nitrogens with one attached hydrogen (secondary N) is 3. The largest absolute Gasteiger partial charge is 0.356 e. The van der Waals surface area contributed by atoms with E-state index in [1.165, 1.54) is 35.6 Å². The van der Waals surface area contributed by atoms with Gasteiger partial charge in [0.2, 0.25) is 5.91 Å². The summed E-state index contributed by atoms with van der Waals surface area (Å²) in [6.07, 6.45) is 0.172. The smallest absolute Gasteiger partial charge is 0.325 e. The molecule has 0 aliphatic heterocycles. The fourth-order valence-electron chi connectivity index (χ4n) is 1.66. The highest BCUT2D eigenvalue weighted by Crippen LogP contribution is 2.16. The number of urea groups is 1. The van der Waals surface area contributed by atoms with Crippen molar-refractivity contribution in [2.45, 2.75) is 13.3 Å². The SMILES string of the molecule is CCNC(=O)Cc1csc(NC(=O)Nc2ccc(F)cc2)n1. The van der Waals surface area contributed by atoms with Crippen molar-refractivity contribution in [2.75, 3.05) is 17.2 Å². The minimum atomic E-state index is -0.481. The molecule has 0 saturated heterocycles. The van der Waals surface area contributed by atoms with Gasteiger partial charge in [0.15, 0.2) is 5.13 Å². The van der Waals surface area contributed by atoms with Crippen LogP contribution in [0.4, 0.5) is 20.0 Å². The van der Waals surface area contributed by atoms with Gasteiger partial charge in [-0.25, -0.2) is 14.2 Å². The lowest BCUT2D eigenvalue weighted by Crippen LogP contribution is -2.24. The molecule has 1 aromatic carbocycles. The molecule has 0 saturated carbocycles. The van der Waals surface area contributed by atoms with E-state index in [9.17, 15) is 14.0 Å². The Balaban J connectivity index is 1.88. The Hall–Kier alpha value is -2.48. The molecular weight excluding hydrogens is 307 g/mol. The zero-order valence-corrected chi connectivity index (χ0v) is 12.7. The second-order valence-electron chi connectivity index (χ2n) is 4.36. The van der Waals surface area contributed by atoms with E-state index in [2.05, 4.69) is 20.9 Å². The summed E-state index contributed by atoms with van der Waals surface area (Å²) in [6.45, 7) is 2.40. The van der Waals surface area contributed by atoms with Crippen LogP contribution in [0.2, 0.25) is 0 Å². The van der Waals surface area contributed by atoms with Gasteiger partial charge in [0.1, 0.15) is 5.82 Å². The molecule has 0 fully saturated rings. The van der Waals surface area contributed by atoms with Gasteiger partial charge in [0.25, 0.3) is 0 Å². The van der Waals surface area contributed by atoms with Crippen LogP contribution in [0.3, 0.4) is 0 Å². The van der Waals surface area contributed by atoms with Crippen LogP contribution in [0.15, 0.2) is 29.6 Å². The molecule has 0 unspecified atom stereocenters. The highest BCUT2D eigenvalue weighted by Gasteiger charge is 2.09. The highest BCUT2D eigenvalue weighted by molar-refractivity contribution is 7.13. The van der Waals surface area contributed by atoms with Gasteiger partial charge < -0.3 is 10.6 Å². The lowest BCUT2D eigenvalue weighted by atomic mass is 10.3. The number of aromatic nitrogens is 1. The molecular formula is C14H15FN4O2S. The number of hydrogen-bond donors (Lipinski definition) is 3. The maximum Gasteiger partial charge on any atom is 0.325 e. The van der Waals surface area contributed by atoms with E-state index in [0.29, 0.717) is 23.1 Å². The number of halogens is 1. The highest BCUT2D eigenvalue weighted by atomic mass is 32.1. The fraction of sp³-hybridized carbons (Fsp3) is 0.214. The van der Waals surface area contributed by atoms with Crippen LogP contribution in [-0.4, -0.2) is 23.5 Å². The number of carbonyl (C=O) groups is 2. The fourth-order valence-corrected chi connectivity index (χ4v) is 2.37. The average molecular weight is 322 g/mol. The average Bonchev–Trinajstić information content (AvgIpc) is 2.88. The lowest BCUT2D eigenvalue weighted by molar-refractivity contribution is -0.120.